The Morgan fingerprint density at radius 1 is 1.43 bits per heavy atom. The Hall–Kier alpha value is -1.64. The Balaban J connectivity index is 2.15. The van der Waals surface area contributed by atoms with Crippen LogP contribution in [-0.2, 0) is 21.5 Å². The Labute approximate surface area is 123 Å². The highest BCUT2D eigenvalue weighted by Crippen LogP contribution is 2.24. The Morgan fingerprint density at radius 2 is 2.14 bits per heavy atom. The number of benzene rings is 1. The molecule has 21 heavy (non-hydrogen) atoms. The third-order valence-corrected chi connectivity index (χ3v) is 5.21. The molecule has 0 amide bonds. The number of carboxylic acids is 1. The van der Waals surface area contributed by atoms with E-state index in [0.717, 1.165) is 9.87 Å². The van der Waals surface area contributed by atoms with Gasteiger partial charge in [0.25, 0.3) is 10.2 Å². The molecule has 1 aromatic rings. The van der Waals surface area contributed by atoms with Gasteiger partial charge in [-0.05, 0) is 6.07 Å². The maximum absolute atomic E-state index is 12.5. The largest absolute Gasteiger partial charge is 0.492 e. The zero-order valence-corrected chi connectivity index (χ0v) is 12.5. The molecule has 1 aliphatic rings. The van der Waals surface area contributed by atoms with Crippen LogP contribution < -0.4 is 4.74 Å². The molecule has 0 radical (unpaired) electrons. The van der Waals surface area contributed by atoms with Crippen LogP contribution in [0.15, 0.2) is 24.3 Å². The zero-order valence-electron chi connectivity index (χ0n) is 11.7. The number of hydrogen-bond donors (Lipinski definition) is 1. The van der Waals surface area contributed by atoms with E-state index in [4.69, 9.17) is 9.84 Å². The average molecular weight is 314 g/mol. The second kappa shape index (κ2) is 6.42. The molecule has 0 saturated heterocycles. The smallest absolute Gasteiger partial charge is 0.304 e. The molecule has 0 spiro atoms. The van der Waals surface area contributed by atoms with Crippen LogP contribution in [0.4, 0.5) is 0 Å². The minimum absolute atomic E-state index is 0.0589. The highest BCUT2D eigenvalue weighted by Gasteiger charge is 2.29. The lowest BCUT2D eigenvalue weighted by molar-refractivity contribution is -0.137. The van der Waals surface area contributed by atoms with Crippen molar-refractivity contribution in [3.05, 3.63) is 29.8 Å². The molecule has 8 heteroatoms. The SMILES string of the molecule is CN(CCC(=O)O)S(=O)(=O)N1CCOc2ccccc2C1. The summed E-state index contributed by atoms with van der Waals surface area (Å²) >= 11 is 0. The van der Waals surface area contributed by atoms with Gasteiger partial charge in [-0.1, -0.05) is 18.2 Å². The maximum Gasteiger partial charge on any atom is 0.304 e. The fraction of sp³-hybridized carbons (Fsp3) is 0.462. The number of ether oxygens (including phenoxy) is 1. The first kappa shape index (κ1) is 15.7. The molecule has 0 aromatic heterocycles. The first-order valence-electron chi connectivity index (χ1n) is 6.55. The molecule has 0 saturated carbocycles. The van der Waals surface area contributed by atoms with Gasteiger partial charge in [0.2, 0.25) is 0 Å². The van der Waals surface area contributed by atoms with Crippen LogP contribution >= 0.6 is 0 Å². The summed E-state index contributed by atoms with van der Waals surface area (Å²) < 4.78 is 32.8. The Bertz CT molecular complexity index is 617. The first-order chi connectivity index (χ1) is 9.91. The van der Waals surface area contributed by atoms with Crippen molar-refractivity contribution in [2.75, 3.05) is 26.7 Å². The van der Waals surface area contributed by atoms with Crippen LogP contribution in [0.5, 0.6) is 5.75 Å². The van der Waals surface area contributed by atoms with Gasteiger partial charge in [0.15, 0.2) is 0 Å². The van der Waals surface area contributed by atoms with Crippen molar-refractivity contribution in [2.45, 2.75) is 13.0 Å². The van der Waals surface area contributed by atoms with Crippen molar-refractivity contribution in [3.8, 4) is 5.75 Å². The van der Waals surface area contributed by atoms with E-state index >= 15 is 0 Å². The minimum Gasteiger partial charge on any atom is -0.492 e. The molecular formula is C13H18N2O5S. The predicted molar refractivity (Wildman–Crippen MR) is 76.1 cm³/mol. The predicted octanol–water partition coefficient (Wildman–Crippen LogP) is 0.532. The van der Waals surface area contributed by atoms with E-state index in [0.29, 0.717) is 5.75 Å². The summed E-state index contributed by atoms with van der Waals surface area (Å²) in [5.74, 6) is -0.343. The number of carbonyl (C=O) groups is 1. The highest BCUT2D eigenvalue weighted by molar-refractivity contribution is 7.86. The van der Waals surface area contributed by atoms with Crippen molar-refractivity contribution in [1.29, 1.82) is 0 Å². The minimum atomic E-state index is -3.70. The molecule has 0 atom stereocenters. The topological polar surface area (TPSA) is 87.2 Å². The van der Waals surface area contributed by atoms with Crippen LogP contribution in [0.3, 0.4) is 0 Å². The van der Waals surface area contributed by atoms with E-state index in [9.17, 15) is 13.2 Å². The van der Waals surface area contributed by atoms with Crippen molar-refractivity contribution in [1.82, 2.24) is 8.61 Å². The number of aliphatic carboxylic acids is 1. The number of carboxylic acid groups (broad SMARTS) is 1. The van der Waals surface area contributed by atoms with Crippen molar-refractivity contribution in [2.24, 2.45) is 0 Å². The van der Waals surface area contributed by atoms with Gasteiger partial charge in [-0.2, -0.15) is 17.0 Å². The molecule has 0 aliphatic carbocycles. The molecule has 7 nitrogen and oxygen atoms in total. The van der Waals surface area contributed by atoms with Gasteiger partial charge in [-0.15, -0.1) is 0 Å². The summed E-state index contributed by atoms with van der Waals surface area (Å²) in [5.41, 5.74) is 0.796. The summed E-state index contributed by atoms with van der Waals surface area (Å²) in [6, 6.07) is 7.29. The second-order valence-electron chi connectivity index (χ2n) is 4.76. The van der Waals surface area contributed by atoms with Gasteiger partial charge in [0.1, 0.15) is 12.4 Å². The molecular weight excluding hydrogens is 296 g/mol. The van der Waals surface area contributed by atoms with E-state index in [2.05, 4.69) is 0 Å². The Kier molecular flexibility index (Phi) is 4.81. The fourth-order valence-electron chi connectivity index (χ4n) is 2.06. The van der Waals surface area contributed by atoms with Crippen LogP contribution in [0.2, 0.25) is 0 Å². The van der Waals surface area contributed by atoms with Crippen LogP contribution in [0.1, 0.15) is 12.0 Å². The highest BCUT2D eigenvalue weighted by atomic mass is 32.2. The number of nitrogens with zero attached hydrogens (tertiary/aromatic N) is 2. The van der Waals surface area contributed by atoms with Crippen LogP contribution in [0.25, 0.3) is 0 Å². The number of para-hydroxylation sites is 1. The zero-order chi connectivity index (χ0) is 15.5. The molecule has 1 heterocycles. The van der Waals surface area contributed by atoms with Gasteiger partial charge < -0.3 is 9.84 Å². The number of rotatable bonds is 5. The standard InChI is InChI=1S/C13H18N2O5S/c1-14(7-6-13(16)17)21(18,19)15-8-9-20-12-5-3-2-4-11(12)10-15/h2-5H,6-10H2,1H3,(H,16,17). The van der Waals surface area contributed by atoms with Gasteiger partial charge in [0, 0.05) is 32.2 Å². The van der Waals surface area contributed by atoms with Crippen LogP contribution in [0, 0.1) is 0 Å². The lowest BCUT2D eigenvalue weighted by atomic mass is 10.2. The van der Waals surface area contributed by atoms with Gasteiger partial charge in [0.05, 0.1) is 6.42 Å². The van der Waals surface area contributed by atoms with Crippen molar-refractivity contribution in [3.63, 3.8) is 0 Å². The summed E-state index contributed by atoms with van der Waals surface area (Å²) in [4.78, 5) is 10.6. The first-order valence-corrected chi connectivity index (χ1v) is 7.95. The van der Waals surface area contributed by atoms with Gasteiger partial charge in [-0.3, -0.25) is 4.79 Å². The molecule has 0 unspecified atom stereocenters. The quantitative estimate of drug-likeness (QED) is 0.857. The van der Waals surface area contributed by atoms with E-state index in [1.165, 1.54) is 11.4 Å². The Morgan fingerprint density at radius 3 is 2.86 bits per heavy atom. The molecule has 1 N–H and O–H groups in total. The van der Waals surface area contributed by atoms with E-state index in [-0.39, 0.29) is 32.7 Å². The third kappa shape index (κ3) is 3.72. The average Bonchev–Trinajstić information content (AvgIpc) is 2.67. The molecule has 0 bridgehead atoms. The molecule has 0 fully saturated rings. The summed E-state index contributed by atoms with van der Waals surface area (Å²) in [6.45, 7) is 0.657. The fourth-order valence-corrected chi connectivity index (χ4v) is 3.39. The number of hydrogen-bond acceptors (Lipinski definition) is 4. The molecule has 116 valence electrons. The van der Waals surface area contributed by atoms with Crippen LogP contribution in [-0.4, -0.2) is 54.8 Å². The molecule has 1 aliphatic heterocycles. The lowest BCUT2D eigenvalue weighted by Crippen LogP contribution is -2.43. The second-order valence-corrected chi connectivity index (χ2v) is 6.80. The van der Waals surface area contributed by atoms with Crippen molar-refractivity contribution >= 4 is 16.2 Å². The number of fused-ring (bicyclic) bond motifs is 1. The summed E-state index contributed by atoms with van der Waals surface area (Å²) in [5, 5.41) is 8.66. The summed E-state index contributed by atoms with van der Waals surface area (Å²) in [6.07, 6.45) is -0.226. The van der Waals surface area contributed by atoms with Gasteiger partial charge in [-0.25, -0.2) is 0 Å². The van der Waals surface area contributed by atoms with E-state index in [1.807, 2.05) is 18.2 Å². The molecule has 1 aromatic carbocycles. The normalized spacial score (nSPS) is 16.1. The van der Waals surface area contributed by atoms with Crippen molar-refractivity contribution < 1.29 is 23.1 Å². The maximum atomic E-state index is 12.5. The third-order valence-electron chi connectivity index (χ3n) is 3.28. The van der Waals surface area contributed by atoms with E-state index < -0.39 is 16.2 Å². The summed E-state index contributed by atoms with van der Waals surface area (Å²) in [7, 11) is -2.32. The molecule has 2 rings (SSSR count). The van der Waals surface area contributed by atoms with Gasteiger partial charge >= 0.3 is 5.97 Å². The monoisotopic (exact) mass is 314 g/mol. The van der Waals surface area contributed by atoms with E-state index in [1.54, 1.807) is 6.07 Å². The lowest BCUT2D eigenvalue weighted by Gasteiger charge is -2.25.